The third kappa shape index (κ3) is 4.40. The van der Waals surface area contributed by atoms with Crippen LogP contribution in [0.3, 0.4) is 0 Å². The third-order valence-electron chi connectivity index (χ3n) is 6.15. The number of anilines is 1. The summed E-state index contributed by atoms with van der Waals surface area (Å²) in [4.78, 5) is 30.7. The lowest BCUT2D eigenvalue weighted by Crippen LogP contribution is -2.60. The van der Waals surface area contributed by atoms with E-state index in [0.29, 0.717) is 47.7 Å². The molecule has 2 amide bonds. The van der Waals surface area contributed by atoms with Crippen LogP contribution in [-0.4, -0.2) is 55.6 Å². The van der Waals surface area contributed by atoms with Crippen molar-refractivity contribution in [2.75, 3.05) is 18.4 Å². The zero-order valence-corrected chi connectivity index (χ0v) is 20.9. The van der Waals surface area contributed by atoms with Crippen molar-refractivity contribution in [1.29, 1.82) is 0 Å². The van der Waals surface area contributed by atoms with E-state index in [0.717, 1.165) is 16.5 Å². The number of hydrogen-bond donors (Lipinski definition) is 3. The number of likely N-dealkylation sites (tertiary alicyclic amines) is 1. The fraction of sp³-hybridized carbons (Fsp3) is 0.417. The van der Waals surface area contributed by atoms with Gasteiger partial charge in [-0.05, 0) is 36.1 Å². The third-order valence-corrected chi connectivity index (χ3v) is 6.47. The molecule has 1 saturated heterocycles. The van der Waals surface area contributed by atoms with Gasteiger partial charge in [0.2, 0.25) is 5.91 Å². The Bertz CT molecular complexity index is 1280. The summed E-state index contributed by atoms with van der Waals surface area (Å²) in [6.07, 6.45) is 1.28. The highest BCUT2D eigenvalue weighted by atomic mass is 35.5. The SMILES string of the molecule is C=CC(=O)N1CC(NC(=O)c2c(C)nc(CNc3n[nH]c4cc(Cl)c(C(C)(C)C)cc34)n2C)C1. The smallest absolute Gasteiger partial charge is 0.270 e. The van der Waals surface area contributed by atoms with Crippen LogP contribution in [0.2, 0.25) is 5.02 Å². The number of aromatic amines is 1. The highest BCUT2D eigenvalue weighted by molar-refractivity contribution is 6.32. The van der Waals surface area contributed by atoms with E-state index in [9.17, 15) is 9.59 Å². The Labute approximate surface area is 203 Å². The summed E-state index contributed by atoms with van der Waals surface area (Å²) in [5.74, 6) is 1.08. The van der Waals surface area contributed by atoms with Gasteiger partial charge in [0.1, 0.15) is 11.5 Å². The Morgan fingerprint density at radius 2 is 2.03 bits per heavy atom. The number of fused-ring (bicyclic) bond motifs is 1. The molecule has 3 aromatic rings. The number of benzene rings is 1. The first-order valence-electron chi connectivity index (χ1n) is 11.2. The molecular weight excluding hydrogens is 454 g/mol. The van der Waals surface area contributed by atoms with Gasteiger partial charge >= 0.3 is 0 Å². The molecule has 0 spiro atoms. The number of nitrogens with one attached hydrogen (secondary N) is 3. The van der Waals surface area contributed by atoms with Crippen molar-refractivity contribution in [1.82, 2.24) is 30.0 Å². The van der Waals surface area contributed by atoms with Crippen LogP contribution in [0.1, 0.15) is 48.3 Å². The van der Waals surface area contributed by atoms with E-state index in [1.165, 1.54) is 6.08 Å². The minimum absolute atomic E-state index is 0.0773. The second-order valence-corrected chi connectivity index (χ2v) is 10.1. The fourth-order valence-corrected chi connectivity index (χ4v) is 4.66. The van der Waals surface area contributed by atoms with E-state index < -0.39 is 0 Å². The molecule has 2 aromatic heterocycles. The van der Waals surface area contributed by atoms with Crippen LogP contribution in [0, 0.1) is 6.92 Å². The molecule has 0 radical (unpaired) electrons. The molecule has 34 heavy (non-hydrogen) atoms. The lowest BCUT2D eigenvalue weighted by Gasteiger charge is -2.38. The van der Waals surface area contributed by atoms with Crippen LogP contribution < -0.4 is 10.6 Å². The van der Waals surface area contributed by atoms with Gasteiger partial charge in [0.15, 0.2) is 5.82 Å². The van der Waals surface area contributed by atoms with Gasteiger partial charge < -0.3 is 20.1 Å². The number of carbonyl (C=O) groups excluding carboxylic acids is 2. The van der Waals surface area contributed by atoms with Gasteiger partial charge in [0, 0.05) is 30.5 Å². The average molecular weight is 484 g/mol. The van der Waals surface area contributed by atoms with Gasteiger partial charge in [-0.15, -0.1) is 0 Å². The van der Waals surface area contributed by atoms with Crippen LogP contribution in [0.4, 0.5) is 5.82 Å². The molecule has 1 aliphatic rings. The largest absolute Gasteiger partial charge is 0.361 e. The number of carbonyl (C=O) groups is 2. The van der Waals surface area contributed by atoms with Crippen molar-refractivity contribution >= 4 is 40.1 Å². The van der Waals surface area contributed by atoms with Crippen molar-refractivity contribution < 1.29 is 9.59 Å². The minimum Gasteiger partial charge on any atom is -0.361 e. The molecule has 180 valence electrons. The fourth-order valence-electron chi connectivity index (χ4n) is 4.21. The molecule has 10 heteroatoms. The first-order chi connectivity index (χ1) is 16.0. The summed E-state index contributed by atoms with van der Waals surface area (Å²) in [6.45, 7) is 13.0. The monoisotopic (exact) mass is 483 g/mol. The van der Waals surface area contributed by atoms with Crippen LogP contribution in [-0.2, 0) is 23.8 Å². The molecule has 4 rings (SSSR count). The van der Waals surface area contributed by atoms with Gasteiger partial charge in [0.05, 0.1) is 23.8 Å². The second-order valence-electron chi connectivity index (χ2n) is 9.69. The first-order valence-corrected chi connectivity index (χ1v) is 11.5. The Hall–Kier alpha value is -3.33. The molecule has 9 nitrogen and oxygen atoms in total. The topological polar surface area (TPSA) is 108 Å². The maximum absolute atomic E-state index is 12.9. The summed E-state index contributed by atoms with van der Waals surface area (Å²) in [6, 6.07) is 3.88. The molecule has 3 N–H and O–H groups in total. The van der Waals surface area contributed by atoms with Gasteiger partial charge in [-0.1, -0.05) is 39.0 Å². The second kappa shape index (κ2) is 8.79. The lowest BCUT2D eigenvalue weighted by atomic mass is 9.86. The van der Waals surface area contributed by atoms with Crippen LogP contribution in [0.5, 0.6) is 0 Å². The van der Waals surface area contributed by atoms with Crippen molar-refractivity contribution in [3.05, 3.63) is 52.6 Å². The molecule has 0 atom stereocenters. The van der Waals surface area contributed by atoms with Crippen molar-refractivity contribution in [3.8, 4) is 0 Å². The standard InChI is InChI=1S/C24H30ClN7O2/c1-7-20(33)32-11-14(12-32)28-23(34)21-13(2)27-19(31(21)6)10-26-22-15-8-16(24(3,4)5)17(25)9-18(15)29-30-22/h7-9,14H,1,10-12H2,2-6H3,(H,28,34)(H2,26,29,30). The summed E-state index contributed by atoms with van der Waals surface area (Å²) in [5.41, 5.74) is 2.93. The average Bonchev–Trinajstić information content (AvgIpc) is 3.25. The van der Waals surface area contributed by atoms with Gasteiger partial charge in [0.25, 0.3) is 5.91 Å². The highest BCUT2D eigenvalue weighted by Gasteiger charge is 2.32. The molecule has 0 aliphatic carbocycles. The Balaban J connectivity index is 1.47. The number of aryl methyl sites for hydroxylation is 1. The van der Waals surface area contributed by atoms with Crippen LogP contribution in [0.25, 0.3) is 10.9 Å². The van der Waals surface area contributed by atoms with E-state index in [4.69, 9.17) is 11.6 Å². The Kier molecular flexibility index (Phi) is 6.16. The zero-order chi connectivity index (χ0) is 24.8. The molecule has 3 heterocycles. The molecular formula is C24H30ClN7O2. The number of imidazole rings is 1. The summed E-state index contributed by atoms with van der Waals surface area (Å²) in [5, 5.41) is 15.4. The number of rotatable bonds is 6. The normalized spacial score (nSPS) is 14.2. The maximum Gasteiger partial charge on any atom is 0.270 e. The Morgan fingerprint density at radius 3 is 2.68 bits per heavy atom. The van der Waals surface area contributed by atoms with E-state index in [1.54, 1.807) is 9.47 Å². The number of halogens is 1. The molecule has 0 unspecified atom stereocenters. The van der Waals surface area contributed by atoms with Crippen LogP contribution >= 0.6 is 11.6 Å². The first kappa shape index (κ1) is 23.8. The molecule has 1 fully saturated rings. The lowest BCUT2D eigenvalue weighted by molar-refractivity contribution is -0.130. The number of aromatic nitrogens is 4. The van der Waals surface area contributed by atoms with Gasteiger partial charge in [-0.25, -0.2) is 4.98 Å². The number of nitrogens with zero attached hydrogens (tertiary/aromatic N) is 4. The molecule has 0 bridgehead atoms. The summed E-state index contributed by atoms with van der Waals surface area (Å²) < 4.78 is 1.79. The molecule has 1 aromatic carbocycles. The van der Waals surface area contributed by atoms with Crippen molar-refractivity contribution in [3.63, 3.8) is 0 Å². The van der Waals surface area contributed by atoms with Crippen molar-refractivity contribution in [2.24, 2.45) is 7.05 Å². The number of H-pyrrole nitrogens is 1. The predicted molar refractivity (Wildman–Crippen MR) is 133 cm³/mol. The van der Waals surface area contributed by atoms with E-state index in [-0.39, 0.29) is 23.3 Å². The van der Waals surface area contributed by atoms with E-state index in [2.05, 4.69) is 59.2 Å². The van der Waals surface area contributed by atoms with E-state index in [1.807, 2.05) is 20.0 Å². The van der Waals surface area contributed by atoms with Gasteiger partial charge in [-0.2, -0.15) is 5.10 Å². The molecule has 1 aliphatic heterocycles. The zero-order valence-electron chi connectivity index (χ0n) is 20.1. The number of hydrogen-bond acceptors (Lipinski definition) is 5. The van der Waals surface area contributed by atoms with E-state index >= 15 is 0 Å². The Morgan fingerprint density at radius 1 is 1.32 bits per heavy atom. The summed E-state index contributed by atoms with van der Waals surface area (Å²) in [7, 11) is 1.82. The van der Waals surface area contributed by atoms with Gasteiger partial charge in [-0.3, -0.25) is 14.7 Å². The van der Waals surface area contributed by atoms with Crippen LogP contribution in [0.15, 0.2) is 24.8 Å². The quantitative estimate of drug-likeness (QED) is 0.466. The maximum atomic E-state index is 12.9. The predicted octanol–water partition coefficient (Wildman–Crippen LogP) is 3.29. The molecule has 0 saturated carbocycles. The number of amides is 2. The summed E-state index contributed by atoms with van der Waals surface area (Å²) >= 11 is 6.48. The minimum atomic E-state index is -0.205. The highest BCUT2D eigenvalue weighted by Crippen LogP contribution is 2.34. The van der Waals surface area contributed by atoms with Crippen molar-refractivity contribution in [2.45, 2.75) is 45.7 Å².